The van der Waals surface area contributed by atoms with E-state index in [-0.39, 0.29) is 10.9 Å². The van der Waals surface area contributed by atoms with Gasteiger partial charge in [-0.2, -0.15) is 0 Å². The molecule has 0 aliphatic rings. The fourth-order valence-corrected chi connectivity index (χ4v) is 0.793. The number of carbonyl (C=O) groups is 1. The van der Waals surface area contributed by atoms with Crippen molar-refractivity contribution in [3.63, 3.8) is 0 Å². The lowest BCUT2D eigenvalue weighted by Gasteiger charge is -2.05. The lowest BCUT2D eigenvalue weighted by molar-refractivity contribution is 0.0988. The molecule has 12 heavy (non-hydrogen) atoms. The zero-order valence-electron chi connectivity index (χ0n) is 6.02. The van der Waals surface area contributed by atoms with Gasteiger partial charge in [-0.05, 0) is 12.2 Å². The number of aromatic nitrogens is 2. The summed E-state index contributed by atoms with van der Waals surface area (Å²) in [6.07, 6.45) is 2.89. The highest BCUT2D eigenvalue weighted by Gasteiger charge is 2.07. The highest BCUT2D eigenvalue weighted by atomic mass is 32.1. The SMILES string of the molecule is NC(=O)c1nccn1NC(N)=S. The summed E-state index contributed by atoms with van der Waals surface area (Å²) in [5, 5.41) is 0.0375. The van der Waals surface area contributed by atoms with E-state index in [1.807, 2.05) is 0 Å². The Morgan fingerprint density at radius 3 is 2.83 bits per heavy atom. The van der Waals surface area contributed by atoms with Crippen LogP contribution in [0.4, 0.5) is 0 Å². The maximum absolute atomic E-state index is 10.7. The Balaban J connectivity index is 2.91. The van der Waals surface area contributed by atoms with Crippen molar-refractivity contribution in [3.05, 3.63) is 18.2 Å². The van der Waals surface area contributed by atoms with Crippen LogP contribution in [0.5, 0.6) is 0 Å². The summed E-state index contributed by atoms with van der Waals surface area (Å²) in [6.45, 7) is 0. The molecule has 0 atom stereocenters. The molecule has 1 aromatic rings. The van der Waals surface area contributed by atoms with E-state index >= 15 is 0 Å². The summed E-state index contributed by atoms with van der Waals surface area (Å²) in [5.41, 5.74) is 12.7. The molecule has 0 fully saturated rings. The average molecular weight is 185 g/mol. The van der Waals surface area contributed by atoms with E-state index in [1.54, 1.807) is 0 Å². The summed E-state index contributed by atoms with van der Waals surface area (Å²) in [7, 11) is 0. The zero-order chi connectivity index (χ0) is 9.14. The molecule has 7 heteroatoms. The molecule has 0 unspecified atom stereocenters. The van der Waals surface area contributed by atoms with Crippen molar-refractivity contribution < 1.29 is 4.79 Å². The predicted molar refractivity (Wildman–Crippen MR) is 46.9 cm³/mol. The molecule has 1 aromatic heterocycles. The third kappa shape index (κ3) is 1.70. The van der Waals surface area contributed by atoms with E-state index in [4.69, 9.17) is 11.5 Å². The first-order chi connectivity index (χ1) is 5.61. The second kappa shape index (κ2) is 3.18. The van der Waals surface area contributed by atoms with Crippen molar-refractivity contribution in [1.29, 1.82) is 0 Å². The van der Waals surface area contributed by atoms with Crippen LogP contribution in [-0.2, 0) is 0 Å². The van der Waals surface area contributed by atoms with Gasteiger partial charge >= 0.3 is 0 Å². The summed E-state index contributed by atoms with van der Waals surface area (Å²) in [4.78, 5) is 14.4. The van der Waals surface area contributed by atoms with Gasteiger partial charge in [-0.25, -0.2) is 9.66 Å². The molecular formula is C5H7N5OS. The zero-order valence-corrected chi connectivity index (χ0v) is 6.84. The van der Waals surface area contributed by atoms with Crippen LogP contribution < -0.4 is 16.9 Å². The Hall–Kier alpha value is -1.63. The van der Waals surface area contributed by atoms with Crippen molar-refractivity contribution >= 4 is 23.2 Å². The first-order valence-corrected chi connectivity index (χ1v) is 3.41. The van der Waals surface area contributed by atoms with Gasteiger partial charge in [0.15, 0.2) is 5.11 Å². The minimum atomic E-state index is -0.649. The van der Waals surface area contributed by atoms with Crippen LogP contribution in [0.3, 0.4) is 0 Å². The molecule has 0 aliphatic carbocycles. The first-order valence-electron chi connectivity index (χ1n) is 3.01. The maximum atomic E-state index is 10.7. The summed E-state index contributed by atoms with van der Waals surface area (Å²) in [6, 6.07) is 0. The third-order valence-electron chi connectivity index (χ3n) is 1.09. The van der Waals surface area contributed by atoms with Crippen LogP contribution >= 0.6 is 12.2 Å². The van der Waals surface area contributed by atoms with Crippen LogP contribution in [0, 0.1) is 0 Å². The number of rotatable bonds is 2. The van der Waals surface area contributed by atoms with E-state index < -0.39 is 5.91 Å². The second-order valence-corrected chi connectivity index (χ2v) is 2.40. The summed E-state index contributed by atoms with van der Waals surface area (Å²) in [5.74, 6) is -0.591. The normalized spacial score (nSPS) is 9.33. The standard InChI is InChI=1S/C5H7N5OS/c6-3(11)4-8-1-2-10(4)9-5(7)12/h1-2H,(H2,6,11)(H3,7,9,12). The molecule has 6 nitrogen and oxygen atoms in total. The van der Waals surface area contributed by atoms with Gasteiger partial charge in [0.2, 0.25) is 5.82 Å². The molecule has 1 amide bonds. The molecule has 0 saturated heterocycles. The summed E-state index contributed by atoms with van der Waals surface area (Å²) < 4.78 is 1.25. The number of nitrogens with two attached hydrogens (primary N) is 2. The molecule has 1 heterocycles. The van der Waals surface area contributed by atoms with Gasteiger partial charge in [-0.3, -0.25) is 10.2 Å². The van der Waals surface area contributed by atoms with Gasteiger partial charge < -0.3 is 11.5 Å². The van der Waals surface area contributed by atoms with Gasteiger partial charge in [0, 0.05) is 12.4 Å². The van der Waals surface area contributed by atoms with Crippen molar-refractivity contribution in [2.75, 3.05) is 5.43 Å². The number of imidazole rings is 1. The highest BCUT2D eigenvalue weighted by Crippen LogP contribution is 1.91. The molecule has 0 bridgehead atoms. The molecule has 1 rings (SSSR count). The number of primary amides is 1. The molecule has 64 valence electrons. The fraction of sp³-hybridized carbons (Fsp3) is 0. The first kappa shape index (κ1) is 8.47. The molecule has 0 saturated carbocycles. The Morgan fingerprint density at radius 1 is 1.67 bits per heavy atom. The van der Waals surface area contributed by atoms with E-state index in [9.17, 15) is 4.79 Å². The Kier molecular flexibility index (Phi) is 2.24. The minimum absolute atomic E-state index is 0.0375. The van der Waals surface area contributed by atoms with Gasteiger partial charge in [0.1, 0.15) is 0 Å². The Morgan fingerprint density at radius 2 is 2.33 bits per heavy atom. The summed E-state index contributed by atoms with van der Waals surface area (Å²) >= 11 is 4.56. The lowest BCUT2D eigenvalue weighted by Crippen LogP contribution is -2.31. The van der Waals surface area contributed by atoms with Gasteiger partial charge in [0.05, 0.1) is 0 Å². The smallest absolute Gasteiger partial charge is 0.286 e. The van der Waals surface area contributed by atoms with E-state index in [0.29, 0.717) is 0 Å². The third-order valence-corrected chi connectivity index (χ3v) is 1.18. The molecule has 0 radical (unpaired) electrons. The topological polar surface area (TPSA) is 99.0 Å². The number of thiocarbonyl (C=S) groups is 1. The van der Waals surface area contributed by atoms with E-state index in [2.05, 4.69) is 22.6 Å². The molecule has 0 aromatic carbocycles. The number of carbonyl (C=O) groups excluding carboxylic acids is 1. The molecular weight excluding hydrogens is 178 g/mol. The Bertz CT molecular complexity index is 319. The van der Waals surface area contributed by atoms with Crippen LogP contribution in [0.1, 0.15) is 10.6 Å². The van der Waals surface area contributed by atoms with Crippen molar-refractivity contribution in [2.45, 2.75) is 0 Å². The van der Waals surface area contributed by atoms with Crippen LogP contribution in [-0.4, -0.2) is 20.7 Å². The van der Waals surface area contributed by atoms with Crippen molar-refractivity contribution in [2.24, 2.45) is 11.5 Å². The fourth-order valence-electron chi connectivity index (χ4n) is 0.695. The predicted octanol–water partition coefficient (Wildman–Crippen LogP) is -1.23. The lowest BCUT2D eigenvalue weighted by atomic mass is 10.6. The number of amides is 1. The largest absolute Gasteiger partial charge is 0.375 e. The van der Waals surface area contributed by atoms with Crippen molar-refractivity contribution in [3.8, 4) is 0 Å². The van der Waals surface area contributed by atoms with E-state index in [1.165, 1.54) is 17.1 Å². The number of nitrogens with zero attached hydrogens (tertiary/aromatic N) is 2. The number of hydrogen-bond donors (Lipinski definition) is 3. The molecule has 0 aliphatic heterocycles. The van der Waals surface area contributed by atoms with Gasteiger partial charge in [-0.1, -0.05) is 0 Å². The quantitative estimate of drug-likeness (QED) is 0.501. The minimum Gasteiger partial charge on any atom is -0.375 e. The van der Waals surface area contributed by atoms with Crippen LogP contribution in [0.15, 0.2) is 12.4 Å². The monoisotopic (exact) mass is 185 g/mol. The van der Waals surface area contributed by atoms with Crippen LogP contribution in [0.2, 0.25) is 0 Å². The van der Waals surface area contributed by atoms with Crippen LogP contribution in [0.25, 0.3) is 0 Å². The Labute approximate surface area is 73.5 Å². The van der Waals surface area contributed by atoms with Crippen molar-refractivity contribution in [1.82, 2.24) is 9.66 Å². The highest BCUT2D eigenvalue weighted by molar-refractivity contribution is 7.80. The van der Waals surface area contributed by atoms with Gasteiger partial charge in [0.25, 0.3) is 5.91 Å². The molecule has 5 N–H and O–H groups in total. The second-order valence-electron chi connectivity index (χ2n) is 1.96. The maximum Gasteiger partial charge on any atom is 0.286 e. The average Bonchev–Trinajstić information content (AvgIpc) is 2.33. The molecule has 0 spiro atoms. The van der Waals surface area contributed by atoms with E-state index in [0.717, 1.165) is 0 Å². The number of nitrogens with one attached hydrogen (secondary N) is 1. The van der Waals surface area contributed by atoms with Gasteiger partial charge in [-0.15, -0.1) is 0 Å². The number of hydrogen-bond acceptors (Lipinski definition) is 3.